The van der Waals surface area contributed by atoms with E-state index < -0.39 is 0 Å². The van der Waals surface area contributed by atoms with Crippen molar-refractivity contribution in [2.75, 3.05) is 6.54 Å². The molecule has 1 fully saturated rings. The molecular formula is C15H20N4OS. The van der Waals surface area contributed by atoms with Crippen LogP contribution in [0.1, 0.15) is 36.9 Å². The molecule has 1 aliphatic rings. The van der Waals surface area contributed by atoms with Crippen molar-refractivity contribution in [2.24, 2.45) is 0 Å². The third-order valence-corrected chi connectivity index (χ3v) is 4.75. The van der Waals surface area contributed by atoms with Crippen molar-refractivity contribution < 1.29 is 0 Å². The molecule has 3 rings (SSSR count). The highest BCUT2D eigenvalue weighted by atomic mass is 32.2. The van der Waals surface area contributed by atoms with Crippen molar-refractivity contribution in [3.05, 3.63) is 39.8 Å². The van der Waals surface area contributed by atoms with Crippen LogP contribution in [-0.4, -0.2) is 21.3 Å². The van der Waals surface area contributed by atoms with Gasteiger partial charge in [0.15, 0.2) is 5.16 Å². The van der Waals surface area contributed by atoms with Gasteiger partial charge in [-0.1, -0.05) is 19.1 Å². The summed E-state index contributed by atoms with van der Waals surface area (Å²) in [6, 6.07) is 6.77. The summed E-state index contributed by atoms with van der Waals surface area (Å²) in [6.07, 6.45) is 2.15. The molecule has 0 bridgehead atoms. The van der Waals surface area contributed by atoms with Crippen molar-refractivity contribution in [2.45, 2.75) is 49.3 Å². The molecule has 21 heavy (non-hydrogen) atoms. The van der Waals surface area contributed by atoms with E-state index in [2.05, 4.69) is 47.6 Å². The number of aryl methyl sites for hydroxylation is 1. The molecular weight excluding hydrogens is 284 g/mol. The summed E-state index contributed by atoms with van der Waals surface area (Å²) in [5.74, 6) is 0. The second kappa shape index (κ2) is 6.07. The Kier molecular flexibility index (Phi) is 4.17. The number of aromatic amines is 1. The van der Waals surface area contributed by atoms with Crippen LogP contribution in [0.3, 0.4) is 0 Å². The number of nitrogens with zero attached hydrogens (tertiary/aromatic N) is 2. The molecule has 0 saturated heterocycles. The Morgan fingerprint density at radius 1 is 1.48 bits per heavy atom. The minimum Gasteiger partial charge on any atom is -0.313 e. The van der Waals surface area contributed by atoms with E-state index in [-0.39, 0.29) is 5.69 Å². The van der Waals surface area contributed by atoms with Crippen LogP contribution in [0.25, 0.3) is 0 Å². The fraction of sp³-hybridized carbons (Fsp3) is 0.467. The van der Waals surface area contributed by atoms with Gasteiger partial charge in [-0.25, -0.2) is 9.89 Å². The molecule has 1 aromatic heterocycles. The lowest BCUT2D eigenvalue weighted by Crippen LogP contribution is -2.16. The van der Waals surface area contributed by atoms with Crippen LogP contribution in [0, 0.1) is 6.92 Å². The van der Waals surface area contributed by atoms with Crippen LogP contribution in [0.4, 0.5) is 0 Å². The van der Waals surface area contributed by atoms with Gasteiger partial charge in [0.2, 0.25) is 0 Å². The Morgan fingerprint density at radius 2 is 2.29 bits per heavy atom. The zero-order valence-electron chi connectivity index (χ0n) is 12.3. The summed E-state index contributed by atoms with van der Waals surface area (Å²) in [5.41, 5.74) is 2.40. The highest BCUT2D eigenvalue weighted by Crippen LogP contribution is 2.38. The molecule has 1 aromatic carbocycles. The summed E-state index contributed by atoms with van der Waals surface area (Å²) in [7, 11) is 0. The van der Waals surface area contributed by atoms with E-state index in [1.807, 2.05) is 0 Å². The van der Waals surface area contributed by atoms with Gasteiger partial charge in [0.05, 0.1) is 0 Å². The van der Waals surface area contributed by atoms with Crippen LogP contribution >= 0.6 is 11.8 Å². The van der Waals surface area contributed by atoms with Gasteiger partial charge in [-0.3, -0.25) is 4.57 Å². The van der Waals surface area contributed by atoms with Crippen LogP contribution in [0.5, 0.6) is 0 Å². The molecule has 2 N–H and O–H groups in total. The fourth-order valence-electron chi connectivity index (χ4n) is 2.32. The van der Waals surface area contributed by atoms with E-state index >= 15 is 0 Å². The third kappa shape index (κ3) is 3.22. The maximum atomic E-state index is 11.8. The molecule has 1 aliphatic carbocycles. The Morgan fingerprint density at radius 3 is 2.95 bits per heavy atom. The highest BCUT2D eigenvalue weighted by molar-refractivity contribution is 7.99. The molecule has 1 saturated carbocycles. The van der Waals surface area contributed by atoms with Crippen molar-refractivity contribution >= 4 is 11.8 Å². The van der Waals surface area contributed by atoms with E-state index in [1.165, 1.54) is 11.1 Å². The number of H-pyrrole nitrogens is 1. The van der Waals surface area contributed by atoms with Gasteiger partial charge in [-0.2, -0.15) is 0 Å². The molecule has 0 atom stereocenters. The van der Waals surface area contributed by atoms with E-state index in [0.717, 1.165) is 36.0 Å². The molecule has 2 aromatic rings. The Labute approximate surface area is 128 Å². The zero-order valence-corrected chi connectivity index (χ0v) is 13.2. The molecule has 0 aliphatic heterocycles. The second-order valence-corrected chi connectivity index (χ2v) is 6.40. The SMILES string of the molecule is CCNCc1ccc(Sc2n[nH]c(=O)n2C2CC2)c(C)c1. The van der Waals surface area contributed by atoms with E-state index in [0.29, 0.717) is 6.04 Å². The maximum absolute atomic E-state index is 11.8. The monoisotopic (exact) mass is 304 g/mol. The Hall–Kier alpha value is -1.53. The summed E-state index contributed by atoms with van der Waals surface area (Å²) < 4.78 is 1.79. The average molecular weight is 304 g/mol. The number of hydrogen-bond acceptors (Lipinski definition) is 4. The zero-order chi connectivity index (χ0) is 14.8. The quantitative estimate of drug-likeness (QED) is 0.860. The van der Waals surface area contributed by atoms with Crippen molar-refractivity contribution in [3.8, 4) is 0 Å². The standard InChI is InChI=1S/C15H20N4OS/c1-3-16-9-11-4-7-13(10(2)8-11)21-15-18-17-14(20)19(15)12-5-6-12/h4,7-8,12,16H,3,5-6,9H2,1-2H3,(H,17,20). The first-order chi connectivity index (χ1) is 10.2. The third-order valence-electron chi connectivity index (χ3n) is 3.60. The van der Waals surface area contributed by atoms with Crippen molar-refractivity contribution in [3.63, 3.8) is 0 Å². The number of rotatable bonds is 6. The first-order valence-electron chi connectivity index (χ1n) is 7.34. The van der Waals surface area contributed by atoms with E-state index in [1.54, 1.807) is 16.3 Å². The van der Waals surface area contributed by atoms with Crippen LogP contribution < -0.4 is 11.0 Å². The van der Waals surface area contributed by atoms with Gasteiger partial charge in [0.1, 0.15) is 0 Å². The minimum absolute atomic E-state index is 0.0959. The molecule has 0 radical (unpaired) electrons. The first-order valence-corrected chi connectivity index (χ1v) is 8.15. The average Bonchev–Trinajstić information content (AvgIpc) is 3.24. The highest BCUT2D eigenvalue weighted by Gasteiger charge is 2.28. The lowest BCUT2D eigenvalue weighted by molar-refractivity contribution is 0.642. The molecule has 0 amide bonds. The summed E-state index contributed by atoms with van der Waals surface area (Å²) in [6.45, 7) is 6.06. The van der Waals surface area contributed by atoms with Crippen molar-refractivity contribution in [1.29, 1.82) is 0 Å². The lowest BCUT2D eigenvalue weighted by atomic mass is 10.1. The lowest BCUT2D eigenvalue weighted by Gasteiger charge is -2.09. The smallest absolute Gasteiger partial charge is 0.313 e. The first kappa shape index (κ1) is 14.4. The van der Waals surface area contributed by atoms with Gasteiger partial charge in [0.25, 0.3) is 0 Å². The number of nitrogens with one attached hydrogen (secondary N) is 2. The molecule has 1 heterocycles. The molecule has 112 valence electrons. The van der Waals surface area contributed by atoms with Crippen LogP contribution in [-0.2, 0) is 6.54 Å². The van der Waals surface area contributed by atoms with Crippen LogP contribution in [0.2, 0.25) is 0 Å². The van der Waals surface area contributed by atoms with E-state index in [9.17, 15) is 4.79 Å². The molecule has 0 unspecified atom stereocenters. The molecule has 0 spiro atoms. The molecule has 6 heteroatoms. The van der Waals surface area contributed by atoms with Gasteiger partial charge in [-0.05, 0) is 55.3 Å². The van der Waals surface area contributed by atoms with Gasteiger partial charge < -0.3 is 5.32 Å². The largest absolute Gasteiger partial charge is 0.344 e. The minimum atomic E-state index is -0.0959. The van der Waals surface area contributed by atoms with Gasteiger partial charge >= 0.3 is 5.69 Å². The fourth-order valence-corrected chi connectivity index (χ4v) is 3.29. The topological polar surface area (TPSA) is 62.7 Å². The Balaban J connectivity index is 1.80. The maximum Gasteiger partial charge on any atom is 0.344 e. The van der Waals surface area contributed by atoms with Gasteiger partial charge in [-0.15, -0.1) is 5.10 Å². The summed E-state index contributed by atoms with van der Waals surface area (Å²) in [4.78, 5) is 12.9. The normalized spacial score (nSPS) is 14.6. The summed E-state index contributed by atoms with van der Waals surface area (Å²) in [5, 5.41) is 10.8. The predicted molar refractivity (Wildman–Crippen MR) is 83.8 cm³/mol. The summed E-state index contributed by atoms with van der Waals surface area (Å²) >= 11 is 1.56. The predicted octanol–water partition coefficient (Wildman–Crippen LogP) is 2.48. The van der Waals surface area contributed by atoms with Crippen molar-refractivity contribution in [1.82, 2.24) is 20.1 Å². The van der Waals surface area contributed by atoms with Crippen LogP contribution in [0.15, 0.2) is 33.0 Å². The van der Waals surface area contributed by atoms with E-state index in [4.69, 9.17) is 0 Å². The number of hydrogen-bond donors (Lipinski definition) is 2. The van der Waals surface area contributed by atoms with Gasteiger partial charge in [0, 0.05) is 17.5 Å². The number of benzene rings is 1. The second-order valence-electron chi connectivity index (χ2n) is 5.39. The number of aromatic nitrogens is 3. The molecule has 5 nitrogen and oxygen atoms in total. The Bertz CT molecular complexity index is 687.